The molecule has 3 aromatic carbocycles. The van der Waals surface area contributed by atoms with E-state index >= 15 is 0 Å². The van der Waals surface area contributed by atoms with Gasteiger partial charge in [-0.05, 0) is 42.3 Å². The summed E-state index contributed by atoms with van der Waals surface area (Å²) in [5.74, 6) is -0.513. The summed E-state index contributed by atoms with van der Waals surface area (Å²) in [4.78, 5) is 27.6. The van der Waals surface area contributed by atoms with Gasteiger partial charge in [0.25, 0.3) is 0 Å². The Morgan fingerprint density at radius 2 is 1.65 bits per heavy atom. The standard InChI is InChI=1S/C30H29FN4O2/c1-2-3-20-34(30(37)19-14-23-10-6-4-7-11-23)22-29(36)32-28-21-27(24-12-8-5-9-13-24)33-35(28)26-17-15-25(31)16-18-26/h4-19,21H,2-3,20,22H2,1H3,(H,32,36). The first kappa shape index (κ1) is 25.6. The molecule has 1 aromatic heterocycles. The molecule has 188 valence electrons. The second kappa shape index (κ2) is 12.4. The Morgan fingerprint density at radius 1 is 0.973 bits per heavy atom. The Hall–Kier alpha value is -4.52. The van der Waals surface area contributed by atoms with Gasteiger partial charge in [0.1, 0.15) is 18.2 Å². The van der Waals surface area contributed by atoms with E-state index in [0.29, 0.717) is 23.7 Å². The predicted octanol–water partition coefficient (Wildman–Crippen LogP) is 5.96. The van der Waals surface area contributed by atoms with Crippen molar-refractivity contribution in [1.82, 2.24) is 14.7 Å². The van der Waals surface area contributed by atoms with Crippen LogP contribution in [0.3, 0.4) is 0 Å². The summed E-state index contributed by atoms with van der Waals surface area (Å²) in [6, 6.07) is 26.8. The molecule has 37 heavy (non-hydrogen) atoms. The van der Waals surface area contributed by atoms with Gasteiger partial charge in [-0.25, -0.2) is 9.07 Å². The summed E-state index contributed by atoms with van der Waals surface area (Å²) in [6.07, 6.45) is 4.92. The number of amides is 2. The lowest BCUT2D eigenvalue weighted by Gasteiger charge is -2.20. The molecule has 7 heteroatoms. The smallest absolute Gasteiger partial charge is 0.247 e. The minimum atomic E-state index is -0.363. The minimum Gasteiger partial charge on any atom is -0.330 e. The molecule has 0 saturated carbocycles. The van der Waals surface area contributed by atoms with E-state index in [4.69, 9.17) is 0 Å². The number of aromatic nitrogens is 2. The molecule has 4 aromatic rings. The van der Waals surface area contributed by atoms with Crippen molar-refractivity contribution < 1.29 is 14.0 Å². The van der Waals surface area contributed by atoms with Gasteiger partial charge in [0, 0.05) is 24.3 Å². The molecule has 0 spiro atoms. The van der Waals surface area contributed by atoms with Crippen LogP contribution in [0.4, 0.5) is 10.2 Å². The second-order valence-electron chi connectivity index (χ2n) is 8.57. The summed E-state index contributed by atoms with van der Waals surface area (Å²) in [6.45, 7) is 2.40. The zero-order valence-electron chi connectivity index (χ0n) is 20.7. The van der Waals surface area contributed by atoms with Crippen LogP contribution in [0, 0.1) is 5.82 Å². The predicted molar refractivity (Wildman–Crippen MR) is 145 cm³/mol. The molecule has 2 amide bonds. The van der Waals surface area contributed by atoms with Crippen LogP contribution in [0.1, 0.15) is 25.3 Å². The van der Waals surface area contributed by atoms with Crippen LogP contribution in [0.25, 0.3) is 23.0 Å². The van der Waals surface area contributed by atoms with Gasteiger partial charge < -0.3 is 10.2 Å². The largest absolute Gasteiger partial charge is 0.330 e. The van der Waals surface area contributed by atoms with E-state index in [2.05, 4.69) is 10.4 Å². The quantitative estimate of drug-likeness (QED) is 0.276. The maximum Gasteiger partial charge on any atom is 0.247 e. The topological polar surface area (TPSA) is 67.2 Å². The summed E-state index contributed by atoms with van der Waals surface area (Å²) >= 11 is 0. The van der Waals surface area contributed by atoms with Crippen LogP contribution in [0.5, 0.6) is 0 Å². The number of carbonyl (C=O) groups excluding carboxylic acids is 2. The number of nitrogens with one attached hydrogen (secondary N) is 1. The highest BCUT2D eigenvalue weighted by molar-refractivity contribution is 5.98. The minimum absolute atomic E-state index is 0.104. The summed E-state index contributed by atoms with van der Waals surface area (Å²) < 4.78 is 15.1. The van der Waals surface area contributed by atoms with Crippen molar-refractivity contribution in [3.8, 4) is 16.9 Å². The molecule has 0 radical (unpaired) electrons. The average molecular weight is 497 g/mol. The summed E-state index contributed by atoms with van der Waals surface area (Å²) in [5, 5.41) is 7.55. The van der Waals surface area contributed by atoms with Gasteiger partial charge in [-0.15, -0.1) is 0 Å². The van der Waals surface area contributed by atoms with Crippen molar-refractivity contribution in [2.75, 3.05) is 18.4 Å². The molecular formula is C30H29FN4O2. The van der Waals surface area contributed by atoms with Crippen LogP contribution in [-0.2, 0) is 9.59 Å². The number of benzene rings is 3. The van der Waals surface area contributed by atoms with Gasteiger partial charge in [0.05, 0.1) is 11.4 Å². The van der Waals surface area contributed by atoms with E-state index in [1.807, 2.05) is 67.6 Å². The van der Waals surface area contributed by atoms with Gasteiger partial charge in [-0.3, -0.25) is 9.59 Å². The molecular weight excluding hydrogens is 467 g/mol. The lowest BCUT2D eigenvalue weighted by Crippen LogP contribution is -2.38. The fraction of sp³-hybridized carbons (Fsp3) is 0.167. The monoisotopic (exact) mass is 496 g/mol. The zero-order valence-corrected chi connectivity index (χ0v) is 20.7. The van der Waals surface area contributed by atoms with Crippen molar-refractivity contribution in [1.29, 1.82) is 0 Å². The lowest BCUT2D eigenvalue weighted by molar-refractivity contribution is -0.130. The molecule has 6 nitrogen and oxygen atoms in total. The zero-order chi connectivity index (χ0) is 26.0. The highest BCUT2D eigenvalue weighted by Crippen LogP contribution is 2.25. The Bertz CT molecular complexity index is 1350. The Labute approximate surface area is 216 Å². The normalized spacial score (nSPS) is 11.0. The molecule has 0 unspecified atom stereocenters. The highest BCUT2D eigenvalue weighted by atomic mass is 19.1. The fourth-order valence-corrected chi connectivity index (χ4v) is 3.81. The molecule has 0 aliphatic carbocycles. The number of unbranched alkanes of at least 4 members (excludes halogenated alkanes) is 1. The highest BCUT2D eigenvalue weighted by Gasteiger charge is 2.18. The third-order valence-corrected chi connectivity index (χ3v) is 5.76. The molecule has 0 bridgehead atoms. The molecule has 0 atom stereocenters. The third kappa shape index (κ3) is 7.01. The summed E-state index contributed by atoms with van der Waals surface area (Å²) in [7, 11) is 0. The van der Waals surface area contributed by atoms with Crippen LogP contribution in [0.2, 0.25) is 0 Å². The van der Waals surface area contributed by atoms with E-state index in [1.54, 1.807) is 29.0 Å². The first-order valence-electron chi connectivity index (χ1n) is 12.3. The fourth-order valence-electron chi connectivity index (χ4n) is 3.81. The number of halogens is 1. The van der Waals surface area contributed by atoms with Crippen molar-refractivity contribution in [2.45, 2.75) is 19.8 Å². The number of anilines is 1. The molecule has 0 aliphatic rings. The number of hydrogen-bond donors (Lipinski definition) is 1. The SMILES string of the molecule is CCCCN(CC(=O)Nc1cc(-c2ccccc2)nn1-c1ccc(F)cc1)C(=O)C=Cc1ccccc1. The van der Waals surface area contributed by atoms with E-state index in [0.717, 1.165) is 24.0 Å². The lowest BCUT2D eigenvalue weighted by atomic mass is 10.1. The van der Waals surface area contributed by atoms with Crippen molar-refractivity contribution in [2.24, 2.45) is 0 Å². The second-order valence-corrected chi connectivity index (χ2v) is 8.57. The van der Waals surface area contributed by atoms with Crippen LogP contribution < -0.4 is 5.32 Å². The van der Waals surface area contributed by atoms with Crippen molar-refractivity contribution in [3.63, 3.8) is 0 Å². The van der Waals surface area contributed by atoms with Crippen molar-refractivity contribution in [3.05, 3.63) is 108 Å². The molecule has 1 N–H and O–H groups in total. The van der Waals surface area contributed by atoms with Crippen LogP contribution >= 0.6 is 0 Å². The number of rotatable bonds is 10. The van der Waals surface area contributed by atoms with Crippen molar-refractivity contribution >= 4 is 23.7 Å². The third-order valence-electron chi connectivity index (χ3n) is 5.76. The number of nitrogens with zero attached hydrogens (tertiary/aromatic N) is 3. The molecule has 0 aliphatic heterocycles. The Balaban J connectivity index is 1.55. The van der Waals surface area contributed by atoms with Crippen LogP contribution in [0.15, 0.2) is 97.1 Å². The van der Waals surface area contributed by atoms with Gasteiger partial charge >= 0.3 is 0 Å². The number of carbonyl (C=O) groups is 2. The molecule has 1 heterocycles. The first-order chi connectivity index (χ1) is 18.0. The first-order valence-corrected chi connectivity index (χ1v) is 12.3. The van der Waals surface area contributed by atoms with E-state index in [-0.39, 0.29) is 24.2 Å². The Kier molecular flexibility index (Phi) is 8.60. The van der Waals surface area contributed by atoms with E-state index in [9.17, 15) is 14.0 Å². The van der Waals surface area contributed by atoms with Crippen LogP contribution in [-0.4, -0.2) is 39.6 Å². The van der Waals surface area contributed by atoms with Gasteiger partial charge in [0.2, 0.25) is 11.8 Å². The summed E-state index contributed by atoms with van der Waals surface area (Å²) in [5.41, 5.74) is 3.05. The van der Waals surface area contributed by atoms with Gasteiger partial charge in [-0.2, -0.15) is 5.10 Å². The molecule has 0 fully saturated rings. The van der Waals surface area contributed by atoms with E-state index in [1.165, 1.54) is 23.1 Å². The van der Waals surface area contributed by atoms with Gasteiger partial charge in [-0.1, -0.05) is 74.0 Å². The average Bonchev–Trinajstić information content (AvgIpc) is 3.34. The molecule has 0 saturated heterocycles. The molecule has 4 rings (SSSR count). The maximum absolute atomic E-state index is 13.5. The maximum atomic E-state index is 13.5. The Morgan fingerprint density at radius 3 is 2.32 bits per heavy atom. The van der Waals surface area contributed by atoms with Gasteiger partial charge in [0.15, 0.2) is 0 Å². The number of hydrogen-bond acceptors (Lipinski definition) is 3. The van der Waals surface area contributed by atoms with E-state index < -0.39 is 0 Å².